The number of phosphoric acid groups is 1. The van der Waals surface area contributed by atoms with E-state index in [9.17, 15) is 19.4 Å². The average Bonchev–Trinajstić information content (AvgIpc) is 3.19. The Labute approximate surface area is 366 Å². The fourth-order valence-electron chi connectivity index (χ4n) is 7.41. The smallest absolute Gasteiger partial charge is 0.268 e. The van der Waals surface area contributed by atoms with Crippen LogP contribution in [0.3, 0.4) is 0 Å². The summed E-state index contributed by atoms with van der Waals surface area (Å²) < 4.78 is 23.2. The van der Waals surface area contributed by atoms with Crippen LogP contribution in [0, 0.1) is 0 Å². The van der Waals surface area contributed by atoms with Gasteiger partial charge in [0.05, 0.1) is 39.9 Å². The molecule has 3 atom stereocenters. The van der Waals surface area contributed by atoms with Crippen molar-refractivity contribution in [2.24, 2.45) is 0 Å². The molecule has 0 bridgehead atoms. The molecule has 0 aliphatic carbocycles. The molecule has 0 aliphatic rings. The molecule has 350 valence electrons. The Morgan fingerprint density at radius 3 is 1.37 bits per heavy atom. The summed E-state index contributed by atoms with van der Waals surface area (Å²) >= 11 is 0. The zero-order chi connectivity index (χ0) is 43.6. The predicted octanol–water partition coefficient (Wildman–Crippen LogP) is 13.8. The lowest BCUT2D eigenvalue weighted by molar-refractivity contribution is -0.870. The van der Waals surface area contributed by atoms with Gasteiger partial charge in [0, 0.05) is 6.42 Å². The Morgan fingerprint density at radius 1 is 0.576 bits per heavy atom. The second-order valence-corrected chi connectivity index (χ2v) is 19.9. The van der Waals surface area contributed by atoms with E-state index in [0.29, 0.717) is 17.4 Å². The number of carbonyl (C=O) groups is 1. The third-order valence-corrected chi connectivity index (χ3v) is 12.4. The maximum absolute atomic E-state index is 12.9. The molecule has 0 aromatic heterocycles. The van der Waals surface area contributed by atoms with Gasteiger partial charge in [0.1, 0.15) is 13.2 Å². The molecule has 59 heavy (non-hydrogen) atoms. The molecule has 2 N–H and O–H groups in total. The second-order valence-electron chi connectivity index (χ2n) is 18.5. The second kappa shape index (κ2) is 42.3. The summed E-state index contributed by atoms with van der Waals surface area (Å²) in [5, 5.41) is 13.8. The van der Waals surface area contributed by atoms with E-state index in [4.69, 9.17) is 9.05 Å². The highest BCUT2D eigenvalue weighted by Gasteiger charge is 2.23. The molecule has 0 aliphatic heterocycles. The first-order valence-corrected chi connectivity index (χ1v) is 26.7. The molecule has 0 radical (unpaired) electrons. The molecule has 3 unspecified atom stereocenters. The minimum atomic E-state index is -4.59. The van der Waals surface area contributed by atoms with Crippen molar-refractivity contribution in [2.45, 2.75) is 251 Å². The van der Waals surface area contributed by atoms with Crippen LogP contribution in [0.15, 0.2) is 24.3 Å². The van der Waals surface area contributed by atoms with Gasteiger partial charge in [0.2, 0.25) is 5.91 Å². The Bertz CT molecular complexity index is 1020. The van der Waals surface area contributed by atoms with Gasteiger partial charge in [-0.2, -0.15) is 0 Å². The number of amides is 1. The van der Waals surface area contributed by atoms with Crippen LogP contribution in [0.1, 0.15) is 239 Å². The molecule has 8 nitrogen and oxygen atoms in total. The fraction of sp³-hybridized carbons (Fsp3) is 0.900. The highest BCUT2D eigenvalue weighted by Crippen LogP contribution is 2.38. The third kappa shape index (κ3) is 44.8. The van der Waals surface area contributed by atoms with Gasteiger partial charge in [-0.1, -0.05) is 224 Å². The van der Waals surface area contributed by atoms with Crippen molar-refractivity contribution < 1.29 is 32.9 Å². The number of phosphoric ester groups is 1. The van der Waals surface area contributed by atoms with Gasteiger partial charge in [-0.15, -0.1) is 0 Å². The van der Waals surface area contributed by atoms with Crippen LogP contribution in [0.2, 0.25) is 0 Å². The maximum Gasteiger partial charge on any atom is 0.268 e. The molecule has 0 aromatic rings. The van der Waals surface area contributed by atoms with Crippen molar-refractivity contribution >= 4 is 13.7 Å². The van der Waals surface area contributed by atoms with Crippen molar-refractivity contribution in [1.82, 2.24) is 5.32 Å². The SMILES string of the molecule is CCCCCCCCCC/C=C/CC/C=C/C(O)C(COP(=O)([O-])OCC[N+](C)(C)C)NC(=O)CCCCCCCCCCCCCCCCCCCCCCCCC. The van der Waals surface area contributed by atoms with Gasteiger partial charge in [-0.25, -0.2) is 0 Å². The van der Waals surface area contributed by atoms with Crippen LogP contribution in [-0.4, -0.2) is 68.5 Å². The molecular weight excluding hydrogens is 756 g/mol. The van der Waals surface area contributed by atoms with E-state index in [-0.39, 0.29) is 19.1 Å². The molecule has 1 amide bonds. The lowest BCUT2D eigenvalue weighted by Gasteiger charge is -2.29. The number of aliphatic hydroxyl groups is 1. The van der Waals surface area contributed by atoms with Crippen LogP contribution in [0.4, 0.5) is 0 Å². The molecule has 0 saturated heterocycles. The number of hydrogen-bond donors (Lipinski definition) is 2. The zero-order valence-corrected chi connectivity index (χ0v) is 40.6. The van der Waals surface area contributed by atoms with Crippen LogP contribution >= 0.6 is 7.82 Å². The topological polar surface area (TPSA) is 108 Å². The molecule has 9 heteroatoms. The summed E-state index contributed by atoms with van der Waals surface area (Å²) in [5.41, 5.74) is 0. The van der Waals surface area contributed by atoms with E-state index in [0.717, 1.165) is 38.5 Å². The van der Waals surface area contributed by atoms with Gasteiger partial charge in [-0.05, 0) is 32.1 Å². The maximum atomic E-state index is 12.9. The normalized spacial score (nSPS) is 14.4. The molecule has 0 aromatic carbocycles. The Morgan fingerprint density at radius 2 is 0.949 bits per heavy atom. The molecule has 0 fully saturated rings. The van der Waals surface area contributed by atoms with E-state index in [2.05, 4.69) is 31.3 Å². The zero-order valence-electron chi connectivity index (χ0n) is 39.7. The number of nitrogens with zero attached hydrogens (tertiary/aromatic N) is 1. The first kappa shape index (κ1) is 58.0. The number of rotatable bonds is 46. The molecule has 0 rings (SSSR count). The van der Waals surface area contributed by atoms with Gasteiger partial charge in [0.25, 0.3) is 7.82 Å². The first-order valence-electron chi connectivity index (χ1n) is 25.2. The fourth-order valence-corrected chi connectivity index (χ4v) is 8.13. The Kier molecular flexibility index (Phi) is 41.6. The summed E-state index contributed by atoms with van der Waals surface area (Å²) in [6, 6.07) is -0.898. The number of quaternary nitrogens is 1. The van der Waals surface area contributed by atoms with Crippen molar-refractivity contribution in [1.29, 1.82) is 0 Å². The summed E-state index contributed by atoms with van der Waals surface area (Å²) in [4.78, 5) is 25.4. The molecular formula is C50H99N2O6P. The third-order valence-electron chi connectivity index (χ3n) is 11.4. The summed E-state index contributed by atoms with van der Waals surface area (Å²) in [6.07, 6.45) is 51.0. The quantitative estimate of drug-likeness (QED) is 0.0273. The highest BCUT2D eigenvalue weighted by atomic mass is 31.2. The first-order chi connectivity index (χ1) is 28.5. The number of allylic oxidation sites excluding steroid dienone is 3. The Balaban J connectivity index is 4.25. The van der Waals surface area contributed by atoms with E-state index in [1.807, 2.05) is 27.2 Å². The summed E-state index contributed by atoms with van der Waals surface area (Å²) in [7, 11) is 1.25. The number of aliphatic hydroxyl groups excluding tert-OH is 1. The number of carbonyl (C=O) groups excluding carboxylic acids is 1. The average molecular weight is 855 g/mol. The van der Waals surface area contributed by atoms with E-state index in [1.165, 1.54) is 180 Å². The lowest BCUT2D eigenvalue weighted by Crippen LogP contribution is -2.45. The largest absolute Gasteiger partial charge is 0.756 e. The summed E-state index contributed by atoms with van der Waals surface area (Å²) in [5.74, 6) is -0.204. The van der Waals surface area contributed by atoms with Crippen LogP contribution in [0.25, 0.3) is 0 Å². The minimum Gasteiger partial charge on any atom is -0.756 e. The van der Waals surface area contributed by atoms with Gasteiger partial charge < -0.3 is 28.8 Å². The number of hydrogen-bond acceptors (Lipinski definition) is 6. The van der Waals surface area contributed by atoms with E-state index in [1.54, 1.807) is 6.08 Å². The summed E-state index contributed by atoms with van der Waals surface area (Å²) in [6.45, 7) is 4.64. The van der Waals surface area contributed by atoms with E-state index >= 15 is 0 Å². The van der Waals surface area contributed by atoms with Crippen molar-refractivity contribution in [3.05, 3.63) is 24.3 Å². The molecule has 0 spiro atoms. The number of likely N-dealkylation sites (N-methyl/N-ethyl adjacent to an activating group) is 1. The predicted molar refractivity (Wildman–Crippen MR) is 252 cm³/mol. The van der Waals surface area contributed by atoms with Gasteiger partial charge in [-0.3, -0.25) is 9.36 Å². The van der Waals surface area contributed by atoms with Crippen LogP contribution < -0.4 is 10.2 Å². The lowest BCUT2D eigenvalue weighted by atomic mass is 10.0. The van der Waals surface area contributed by atoms with Crippen LogP contribution in [0.5, 0.6) is 0 Å². The Hall–Kier alpha value is -1.02. The number of nitrogens with one attached hydrogen (secondary N) is 1. The van der Waals surface area contributed by atoms with Crippen molar-refractivity contribution in [3.8, 4) is 0 Å². The monoisotopic (exact) mass is 855 g/mol. The molecule has 0 saturated carbocycles. The van der Waals surface area contributed by atoms with Crippen molar-refractivity contribution in [2.75, 3.05) is 40.9 Å². The standard InChI is InChI=1S/C50H99N2O6P/c1-6-8-10-12-14-16-18-20-22-23-24-25-26-27-28-29-30-32-34-36-38-40-42-44-50(54)51-48(47-58-59(55,56)57-46-45-52(3,4)5)49(53)43-41-39-37-35-33-31-21-19-17-15-13-11-9-7-2/h33,35,41,43,48-49,53H,6-32,34,36-40,42,44-47H2,1-5H3,(H-,51,54,55,56)/b35-33+,43-41+. The van der Waals surface area contributed by atoms with Crippen molar-refractivity contribution in [3.63, 3.8) is 0 Å². The van der Waals surface area contributed by atoms with E-state index < -0.39 is 20.0 Å². The van der Waals surface area contributed by atoms with Gasteiger partial charge in [0.15, 0.2) is 0 Å². The van der Waals surface area contributed by atoms with Gasteiger partial charge >= 0.3 is 0 Å². The highest BCUT2D eigenvalue weighted by molar-refractivity contribution is 7.45. The number of unbranched alkanes of at least 4 members (excludes halogenated alkanes) is 31. The minimum absolute atomic E-state index is 0.00411. The van der Waals surface area contributed by atoms with Crippen LogP contribution in [-0.2, 0) is 18.4 Å². The molecule has 0 heterocycles.